The first-order valence-electron chi connectivity index (χ1n) is 5.94. The van der Waals surface area contributed by atoms with Crippen molar-refractivity contribution in [2.45, 2.75) is 46.1 Å². The summed E-state index contributed by atoms with van der Waals surface area (Å²) in [6.45, 7) is 7.91. The van der Waals surface area contributed by atoms with Crippen molar-refractivity contribution in [3.63, 3.8) is 0 Å². The van der Waals surface area contributed by atoms with Gasteiger partial charge < -0.3 is 5.32 Å². The average molecular weight is 225 g/mol. The molecule has 0 fully saturated rings. The van der Waals surface area contributed by atoms with E-state index in [0.717, 1.165) is 12.5 Å². The molecule has 0 aliphatic heterocycles. The van der Waals surface area contributed by atoms with Crippen LogP contribution in [0.15, 0.2) is 17.5 Å². The molecule has 1 N–H and O–H groups in total. The van der Waals surface area contributed by atoms with Gasteiger partial charge in [0.1, 0.15) is 0 Å². The molecule has 1 atom stereocenters. The van der Waals surface area contributed by atoms with Crippen molar-refractivity contribution in [1.29, 1.82) is 0 Å². The Hall–Kier alpha value is -0.340. The van der Waals surface area contributed by atoms with Gasteiger partial charge in [-0.1, -0.05) is 26.8 Å². The van der Waals surface area contributed by atoms with Crippen LogP contribution in [0.3, 0.4) is 0 Å². The van der Waals surface area contributed by atoms with Crippen LogP contribution in [0.5, 0.6) is 0 Å². The fourth-order valence-electron chi connectivity index (χ4n) is 1.62. The molecular weight excluding hydrogens is 202 g/mol. The maximum atomic E-state index is 3.49. The first kappa shape index (κ1) is 12.7. The van der Waals surface area contributed by atoms with E-state index in [0.29, 0.717) is 6.04 Å². The van der Waals surface area contributed by atoms with Gasteiger partial charge >= 0.3 is 0 Å². The molecule has 0 aliphatic rings. The van der Waals surface area contributed by atoms with E-state index in [-0.39, 0.29) is 0 Å². The van der Waals surface area contributed by atoms with Gasteiger partial charge in [-0.3, -0.25) is 0 Å². The fraction of sp³-hybridized carbons (Fsp3) is 0.692. The molecule has 0 amide bonds. The molecule has 0 saturated carbocycles. The van der Waals surface area contributed by atoms with E-state index >= 15 is 0 Å². The molecule has 0 saturated heterocycles. The second-order valence-electron chi connectivity index (χ2n) is 4.64. The largest absolute Gasteiger partial charge is 0.314 e. The summed E-state index contributed by atoms with van der Waals surface area (Å²) in [5.41, 5.74) is 0. The zero-order chi connectivity index (χ0) is 11.1. The van der Waals surface area contributed by atoms with Gasteiger partial charge in [-0.05, 0) is 43.2 Å². The first-order valence-corrected chi connectivity index (χ1v) is 6.82. The van der Waals surface area contributed by atoms with Crippen LogP contribution in [-0.2, 0) is 6.42 Å². The zero-order valence-electron chi connectivity index (χ0n) is 10.1. The third kappa shape index (κ3) is 5.95. The van der Waals surface area contributed by atoms with Crippen molar-refractivity contribution in [2.75, 3.05) is 6.54 Å². The highest BCUT2D eigenvalue weighted by Gasteiger charge is 2.03. The lowest BCUT2D eigenvalue weighted by Crippen LogP contribution is -2.27. The van der Waals surface area contributed by atoms with Gasteiger partial charge in [-0.25, -0.2) is 0 Å². The van der Waals surface area contributed by atoms with Crippen molar-refractivity contribution < 1.29 is 0 Å². The molecule has 1 unspecified atom stereocenters. The number of nitrogens with one attached hydrogen (secondary N) is 1. The van der Waals surface area contributed by atoms with E-state index in [1.165, 1.54) is 24.1 Å². The summed E-state index contributed by atoms with van der Waals surface area (Å²) < 4.78 is 0. The minimum atomic E-state index is 0.616. The monoisotopic (exact) mass is 225 g/mol. The van der Waals surface area contributed by atoms with Crippen LogP contribution in [0.4, 0.5) is 0 Å². The van der Waals surface area contributed by atoms with Crippen molar-refractivity contribution in [1.82, 2.24) is 5.32 Å². The molecule has 15 heavy (non-hydrogen) atoms. The Morgan fingerprint density at radius 1 is 1.33 bits per heavy atom. The lowest BCUT2D eigenvalue weighted by atomic mass is 10.0. The Kier molecular flexibility index (Phi) is 5.96. The summed E-state index contributed by atoms with van der Waals surface area (Å²) in [5, 5.41) is 5.66. The van der Waals surface area contributed by atoms with Crippen molar-refractivity contribution >= 4 is 11.3 Å². The van der Waals surface area contributed by atoms with E-state index in [4.69, 9.17) is 0 Å². The molecule has 1 aromatic heterocycles. The van der Waals surface area contributed by atoms with Crippen LogP contribution >= 0.6 is 11.3 Å². The first-order chi connectivity index (χ1) is 7.18. The number of rotatable bonds is 7. The normalized spacial score (nSPS) is 13.3. The smallest absolute Gasteiger partial charge is 0.00452 e. The molecule has 1 nitrogen and oxygen atoms in total. The Morgan fingerprint density at radius 2 is 2.13 bits per heavy atom. The molecule has 0 aromatic carbocycles. The predicted octanol–water partition coefficient (Wildman–Crippen LogP) is 3.70. The zero-order valence-corrected chi connectivity index (χ0v) is 10.9. The standard InChI is InChI=1S/C13H23NS/c1-11(2)14-10-12(3)6-4-7-13-8-5-9-15-13/h5,8-9,11-12,14H,4,6-7,10H2,1-3H3. The predicted molar refractivity (Wildman–Crippen MR) is 69.6 cm³/mol. The Balaban J connectivity index is 2.04. The molecule has 0 spiro atoms. The molecule has 0 radical (unpaired) electrons. The molecule has 2 heteroatoms. The molecule has 1 aromatic rings. The van der Waals surface area contributed by atoms with E-state index in [9.17, 15) is 0 Å². The highest BCUT2D eigenvalue weighted by molar-refractivity contribution is 7.09. The number of hydrogen-bond donors (Lipinski definition) is 1. The van der Waals surface area contributed by atoms with Gasteiger partial charge in [0.15, 0.2) is 0 Å². The van der Waals surface area contributed by atoms with Gasteiger partial charge in [0.2, 0.25) is 0 Å². The van der Waals surface area contributed by atoms with Crippen LogP contribution in [0, 0.1) is 5.92 Å². The fourth-order valence-corrected chi connectivity index (χ4v) is 2.37. The minimum Gasteiger partial charge on any atom is -0.314 e. The van der Waals surface area contributed by atoms with Crippen molar-refractivity contribution in [3.8, 4) is 0 Å². The Morgan fingerprint density at radius 3 is 2.73 bits per heavy atom. The van der Waals surface area contributed by atoms with Crippen molar-refractivity contribution in [2.24, 2.45) is 5.92 Å². The summed E-state index contributed by atoms with van der Waals surface area (Å²) in [4.78, 5) is 1.53. The second kappa shape index (κ2) is 7.02. The Bertz CT molecular complexity index is 241. The summed E-state index contributed by atoms with van der Waals surface area (Å²) >= 11 is 1.88. The van der Waals surface area contributed by atoms with E-state index in [2.05, 4.69) is 43.6 Å². The summed E-state index contributed by atoms with van der Waals surface area (Å²) in [7, 11) is 0. The molecular formula is C13H23NS. The second-order valence-corrected chi connectivity index (χ2v) is 5.67. The van der Waals surface area contributed by atoms with Gasteiger partial charge in [0.25, 0.3) is 0 Å². The lowest BCUT2D eigenvalue weighted by molar-refractivity contribution is 0.443. The third-order valence-corrected chi connectivity index (χ3v) is 3.51. The summed E-state index contributed by atoms with van der Waals surface area (Å²) in [6, 6.07) is 5.00. The van der Waals surface area contributed by atoms with Crippen LogP contribution in [0.1, 0.15) is 38.5 Å². The van der Waals surface area contributed by atoms with Gasteiger partial charge in [0, 0.05) is 10.9 Å². The van der Waals surface area contributed by atoms with E-state index in [1.54, 1.807) is 0 Å². The van der Waals surface area contributed by atoms with Gasteiger partial charge in [-0.15, -0.1) is 11.3 Å². The van der Waals surface area contributed by atoms with Crippen LogP contribution in [0.2, 0.25) is 0 Å². The quantitative estimate of drug-likeness (QED) is 0.746. The van der Waals surface area contributed by atoms with Gasteiger partial charge in [-0.2, -0.15) is 0 Å². The Labute approximate surface area is 97.9 Å². The molecule has 1 heterocycles. The number of thiophene rings is 1. The number of hydrogen-bond acceptors (Lipinski definition) is 2. The van der Waals surface area contributed by atoms with E-state index < -0.39 is 0 Å². The SMILES string of the molecule is CC(CCCc1cccs1)CNC(C)C. The maximum Gasteiger partial charge on any atom is 0.00452 e. The minimum absolute atomic E-state index is 0.616. The molecule has 86 valence electrons. The van der Waals surface area contributed by atoms with Crippen LogP contribution in [0.25, 0.3) is 0 Å². The number of aryl methyl sites for hydroxylation is 1. The topological polar surface area (TPSA) is 12.0 Å². The van der Waals surface area contributed by atoms with Crippen LogP contribution < -0.4 is 5.32 Å². The van der Waals surface area contributed by atoms with E-state index in [1.807, 2.05) is 11.3 Å². The molecule has 1 rings (SSSR count). The van der Waals surface area contributed by atoms with Crippen molar-refractivity contribution in [3.05, 3.63) is 22.4 Å². The van der Waals surface area contributed by atoms with Crippen LogP contribution in [-0.4, -0.2) is 12.6 Å². The third-order valence-electron chi connectivity index (χ3n) is 2.57. The molecule has 0 aliphatic carbocycles. The maximum absolute atomic E-state index is 3.49. The highest BCUT2D eigenvalue weighted by atomic mass is 32.1. The molecule has 0 bridgehead atoms. The van der Waals surface area contributed by atoms with Gasteiger partial charge in [0.05, 0.1) is 0 Å². The highest BCUT2D eigenvalue weighted by Crippen LogP contribution is 2.14. The summed E-state index contributed by atoms with van der Waals surface area (Å²) in [5.74, 6) is 0.798. The summed E-state index contributed by atoms with van der Waals surface area (Å²) in [6.07, 6.45) is 3.91. The lowest BCUT2D eigenvalue weighted by Gasteiger charge is -2.14. The average Bonchev–Trinajstić information content (AvgIpc) is 2.67.